The number of rotatable bonds is 2. The number of nitrogens with one attached hydrogen (secondary N) is 1. The molecule has 2 saturated heterocycles. The number of hydrogen-bond acceptors (Lipinski definition) is 8. The molecule has 4 unspecified atom stereocenters. The summed E-state index contributed by atoms with van der Waals surface area (Å²) >= 11 is 0. The lowest BCUT2D eigenvalue weighted by molar-refractivity contribution is -0.120. The van der Waals surface area contributed by atoms with Gasteiger partial charge in [0.2, 0.25) is 5.91 Å². The quantitative estimate of drug-likeness (QED) is 0.269. The van der Waals surface area contributed by atoms with Gasteiger partial charge in [0, 0.05) is 0 Å². The smallest absolute Gasteiger partial charge is 0.331 e. The second-order valence-electron chi connectivity index (χ2n) is 4.15. The number of ether oxygens (including phenoxy) is 1. The highest BCUT2D eigenvalue weighted by atomic mass is 16.6. The Morgan fingerprint density at radius 1 is 1.37 bits per heavy atom. The number of oxime groups is 1. The van der Waals surface area contributed by atoms with Gasteiger partial charge in [-0.1, -0.05) is 5.16 Å². The minimum Gasteiger partial charge on any atom is -0.409 e. The van der Waals surface area contributed by atoms with E-state index in [0.29, 0.717) is 0 Å². The van der Waals surface area contributed by atoms with E-state index in [9.17, 15) is 19.8 Å². The van der Waals surface area contributed by atoms with Gasteiger partial charge in [0.1, 0.15) is 18.3 Å². The van der Waals surface area contributed by atoms with E-state index in [2.05, 4.69) is 5.16 Å². The van der Waals surface area contributed by atoms with Gasteiger partial charge in [-0.2, -0.15) is 0 Å². The van der Waals surface area contributed by atoms with E-state index in [1.165, 1.54) is 0 Å². The molecular formula is C9H13N3O7. The molecule has 19 heavy (non-hydrogen) atoms. The van der Waals surface area contributed by atoms with Crippen LogP contribution in [-0.4, -0.2) is 74.3 Å². The van der Waals surface area contributed by atoms with Gasteiger partial charge in [0.05, 0.1) is 13.0 Å². The van der Waals surface area contributed by atoms with E-state index in [-0.39, 0.29) is 12.3 Å². The van der Waals surface area contributed by atoms with E-state index in [1.807, 2.05) is 5.32 Å². The zero-order valence-electron chi connectivity index (χ0n) is 9.63. The van der Waals surface area contributed by atoms with Gasteiger partial charge >= 0.3 is 6.03 Å². The van der Waals surface area contributed by atoms with Crippen molar-refractivity contribution in [2.24, 2.45) is 5.16 Å². The summed E-state index contributed by atoms with van der Waals surface area (Å²) in [5, 5.41) is 41.9. The minimum absolute atomic E-state index is 0.316. The molecule has 2 heterocycles. The van der Waals surface area contributed by atoms with Crippen molar-refractivity contribution in [1.29, 1.82) is 0 Å². The number of aliphatic hydroxyl groups is 3. The van der Waals surface area contributed by atoms with Crippen LogP contribution in [0.25, 0.3) is 0 Å². The van der Waals surface area contributed by atoms with E-state index >= 15 is 0 Å². The molecule has 10 nitrogen and oxygen atoms in total. The highest BCUT2D eigenvalue weighted by molar-refractivity contribution is 6.15. The molecule has 0 aromatic heterocycles. The second kappa shape index (κ2) is 5.09. The number of amides is 3. The number of imide groups is 1. The third-order valence-corrected chi connectivity index (χ3v) is 2.95. The monoisotopic (exact) mass is 275 g/mol. The van der Waals surface area contributed by atoms with Gasteiger partial charge in [-0.25, -0.2) is 9.69 Å². The minimum atomic E-state index is -1.51. The SMILES string of the molecule is O=C1C/C(=N\O)N(C2OC(CO)C(O)C2O)C(=O)N1. The molecule has 3 amide bonds. The Balaban J connectivity index is 2.25. The molecule has 2 rings (SSSR count). The Kier molecular flexibility index (Phi) is 3.66. The molecule has 2 aliphatic heterocycles. The Bertz CT molecular complexity index is 426. The predicted octanol–water partition coefficient (Wildman–Crippen LogP) is -2.84. The van der Waals surface area contributed by atoms with Crippen LogP contribution in [0.1, 0.15) is 6.42 Å². The van der Waals surface area contributed by atoms with Crippen LogP contribution in [0.2, 0.25) is 0 Å². The summed E-state index contributed by atoms with van der Waals surface area (Å²) in [5.74, 6) is -0.982. The Morgan fingerprint density at radius 3 is 2.58 bits per heavy atom. The first-order valence-electron chi connectivity index (χ1n) is 5.46. The maximum atomic E-state index is 11.7. The first-order chi connectivity index (χ1) is 8.99. The summed E-state index contributed by atoms with van der Waals surface area (Å²) in [5.41, 5.74) is 0. The van der Waals surface area contributed by atoms with Crippen molar-refractivity contribution in [3.05, 3.63) is 0 Å². The summed E-state index contributed by atoms with van der Waals surface area (Å²) in [4.78, 5) is 23.5. The normalized spacial score (nSPS) is 37.8. The maximum absolute atomic E-state index is 11.7. The van der Waals surface area contributed by atoms with Gasteiger partial charge in [0.25, 0.3) is 0 Å². The number of nitrogens with zero attached hydrogens (tertiary/aromatic N) is 2. The molecule has 2 aliphatic rings. The lowest BCUT2D eigenvalue weighted by atomic mass is 10.1. The van der Waals surface area contributed by atoms with Crippen molar-refractivity contribution in [3.63, 3.8) is 0 Å². The van der Waals surface area contributed by atoms with Crippen LogP contribution in [0.3, 0.4) is 0 Å². The van der Waals surface area contributed by atoms with Gasteiger partial charge in [-0.3, -0.25) is 10.1 Å². The molecule has 0 saturated carbocycles. The fourth-order valence-electron chi connectivity index (χ4n) is 2.01. The topological polar surface area (TPSA) is 152 Å². The standard InChI is InChI=1S/C9H13N3O7/c13-2-3-6(15)7(16)8(19-3)12-4(11-18)1-5(14)10-9(12)17/h3,6-8,13,15-16,18H,1-2H2,(H,10,14,17)/b11-4+. The van der Waals surface area contributed by atoms with Crippen LogP contribution in [0.15, 0.2) is 5.16 Å². The molecular weight excluding hydrogens is 262 g/mol. The van der Waals surface area contributed by atoms with Crippen LogP contribution >= 0.6 is 0 Å². The predicted molar refractivity (Wildman–Crippen MR) is 57.0 cm³/mol. The summed E-state index contributed by atoms with van der Waals surface area (Å²) in [6.07, 6.45) is -5.72. The first-order valence-corrected chi connectivity index (χ1v) is 5.46. The van der Waals surface area contributed by atoms with Gasteiger partial charge in [-0.05, 0) is 0 Å². The van der Waals surface area contributed by atoms with E-state index in [4.69, 9.17) is 15.1 Å². The Morgan fingerprint density at radius 2 is 2.05 bits per heavy atom. The van der Waals surface area contributed by atoms with Crippen molar-refractivity contribution in [2.75, 3.05) is 6.61 Å². The van der Waals surface area contributed by atoms with E-state index in [0.717, 1.165) is 4.90 Å². The summed E-state index contributed by atoms with van der Waals surface area (Å²) in [7, 11) is 0. The molecule has 2 fully saturated rings. The van der Waals surface area contributed by atoms with E-state index < -0.39 is 43.1 Å². The van der Waals surface area contributed by atoms with Crippen molar-refractivity contribution < 1.29 is 34.9 Å². The highest BCUT2D eigenvalue weighted by Gasteiger charge is 2.49. The first kappa shape index (κ1) is 13.7. The van der Waals surface area contributed by atoms with Gasteiger partial charge < -0.3 is 25.3 Å². The number of hydrogen-bond donors (Lipinski definition) is 5. The summed E-state index contributed by atoms with van der Waals surface area (Å²) < 4.78 is 5.12. The highest BCUT2D eigenvalue weighted by Crippen LogP contribution is 2.26. The molecule has 0 bridgehead atoms. The average molecular weight is 275 g/mol. The van der Waals surface area contributed by atoms with Crippen LogP contribution in [-0.2, 0) is 9.53 Å². The number of aliphatic hydroxyl groups excluding tert-OH is 3. The molecule has 106 valence electrons. The zero-order valence-corrected chi connectivity index (χ0v) is 9.63. The number of urea groups is 1. The molecule has 0 aromatic rings. The molecule has 0 radical (unpaired) electrons. The zero-order chi connectivity index (χ0) is 14.2. The molecule has 10 heteroatoms. The van der Waals surface area contributed by atoms with Crippen molar-refractivity contribution in [2.45, 2.75) is 31.0 Å². The number of amidine groups is 1. The second-order valence-corrected chi connectivity index (χ2v) is 4.15. The molecule has 5 N–H and O–H groups in total. The van der Waals surface area contributed by atoms with Crippen molar-refractivity contribution >= 4 is 17.8 Å². The third-order valence-electron chi connectivity index (χ3n) is 2.95. The fourth-order valence-corrected chi connectivity index (χ4v) is 2.01. The molecule has 0 aliphatic carbocycles. The Hall–Kier alpha value is -1.75. The van der Waals surface area contributed by atoms with Gasteiger partial charge in [0.15, 0.2) is 12.1 Å². The van der Waals surface area contributed by atoms with Crippen LogP contribution in [0.5, 0.6) is 0 Å². The van der Waals surface area contributed by atoms with Crippen LogP contribution in [0.4, 0.5) is 4.79 Å². The summed E-state index contributed by atoms with van der Waals surface area (Å²) in [6.45, 7) is -0.561. The summed E-state index contributed by atoms with van der Waals surface area (Å²) in [6, 6.07) is -0.945. The van der Waals surface area contributed by atoms with Crippen molar-refractivity contribution in [3.8, 4) is 0 Å². The third kappa shape index (κ3) is 2.26. The largest absolute Gasteiger partial charge is 0.409 e. The lowest BCUT2D eigenvalue weighted by Gasteiger charge is -2.32. The van der Waals surface area contributed by atoms with Crippen molar-refractivity contribution in [1.82, 2.24) is 10.2 Å². The molecule has 0 aromatic carbocycles. The van der Waals surface area contributed by atoms with Crippen LogP contribution < -0.4 is 5.32 Å². The number of carbonyl (C=O) groups is 2. The maximum Gasteiger partial charge on any atom is 0.331 e. The lowest BCUT2D eigenvalue weighted by Crippen LogP contribution is -2.59. The van der Waals surface area contributed by atoms with Crippen LogP contribution in [0, 0.1) is 0 Å². The van der Waals surface area contributed by atoms with Gasteiger partial charge in [-0.15, -0.1) is 0 Å². The van der Waals surface area contributed by atoms with E-state index in [1.54, 1.807) is 0 Å². The Labute approximate surface area is 106 Å². The fraction of sp³-hybridized carbons (Fsp3) is 0.667. The molecule has 0 spiro atoms. The average Bonchev–Trinajstić information content (AvgIpc) is 2.65. The molecule has 4 atom stereocenters. The number of carbonyl (C=O) groups excluding carboxylic acids is 2.